The first kappa shape index (κ1) is 32.6. The van der Waals surface area contributed by atoms with Gasteiger partial charge in [-0.05, 0) is 85.9 Å². The van der Waals surface area contributed by atoms with Crippen LogP contribution in [-0.2, 0) is 16.0 Å². The smallest absolute Gasteiger partial charge is 0.408 e. The highest BCUT2D eigenvalue weighted by molar-refractivity contribution is 6.10. The summed E-state index contributed by atoms with van der Waals surface area (Å²) in [7, 11) is 0. The van der Waals surface area contributed by atoms with Crippen molar-refractivity contribution < 1.29 is 23.9 Å². The second-order valence-electron chi connectivity index (χ2n) is 11.4. The highest BCUT2D eigenvalue weighted by atomic mass is 16.6. The van der Waals surface area contributed by atoms with Gasteiger partial charge in [-0.2, -0.15) is 0 Å². The third-order valence-electron chi connectivity index (χ3n) is 5.50. The third-order valence-corrected chi connectivity index (χ3v) is 5.50. The summed E-state index contributed by atoms with van der Waals surface area (Å²) in [4.78, 5) is 39.7. The quantitative estimate of drug-likeness (QED) is 0.159. The fourth-order valence-corrected chi connectivity index (χ4v) is 3.82. The molecule has 0 fully saturated rings. The van der Waals surface area contributed by atoms with Crippen LogP contribution in [0.5, 0.6) is 0 Å². The Bertz CT molecular complexity index is 871. The summed E-state index contributed by atoms with van der Waals surface area (Å²) >= 11 is 0. The SMILES string of the molecule is CCCCCCNCc1cccc(C(=O)[C@H](CCCCN)NC(=O)OC(C)(C)C)c1C(=O)OC(C)(C)C. The van der Waals surface area contributed by atoms with Gasteiger partial charge in [-0.1, -0.05) is 44.4 Å². The van der Waals surface area contributed by atoms with Crippen LogP contribution in [0.15, 0.2) is 18.2 Å². The number of nitrogens with two attached hydrogens (primary N) is 1. The van der Waals surface area contributed by atoms with E-state index in [-0.39, 0.29) is 16.9 Å². The van der Waals surface area contributed by atoms with Crippen LogP contribution in [0.25, 0.3) is 0 Å². The van der Waals surface area contributed by atoms with Crippen LogP contribution >= 0.6 is 0 Å². The lowest BCUT2D eigenvalue weighted by Gasteiger charge is -2.25. The topological polar surface area (TPSA) is 120 Å². The zero-order valence-corrected chi connectivity index (χ0v) is 24.0. The van der Waals surface area contributed by atoms with Gasteiger partial charge in [0, 0.05) is 12.1 Å². The first-order valence-corrected chi connectivity index (χ1v) is 13.6. The number of Topliss-reactive ketones (excluding diaryl/α,β-unsaturated/α-hetero) is 1. The lowest BCUT2D eigenvalue weighted by Crippen LogP contribution is -2.44. The second-order valence-corrected chi connectivity index (χ2v) is 11.4. The Morgan fingerprint density at radius 2 is 1.59 bits per heavy atom. The van der Waals surface area contributed by atoms with Gasteiger partial charge in [-0.15, -0.1) is 0 Å². The van der Waals surface area contributed by atoms with E-state index in [1.54, 1.807) is 53.7 Å². The maximum atomic E-state index is 13.8. The zero-order valence-electron chi connectivity index (χ0n) is 24.0. The summed E-state index contributed by atoms with van der Waals surface area (Å²) in [6.07, 6.45) is 5.58. The summed E-state index contributed by atoms with van der Waals surface area (Å²) in [6.45, 7) is 14.6. The number of esters is 1. The fourth-order valence-electron chi connectivity index (χ4n) is 3.82. The van der Waals surface area contributed by atoms with Crippen LogP contribution in [0, 0.1) is 0 Å². The van der Waals surface area contributed by atoms with Crippen LogP contribution in [0.2, 0.25) is 0 Å². The van der Waals surface area contributed by atoms with E-state index in [2.05, 4.69) is 17.6 Å². The second kappa shape index (κ2) is 15.7. The standard InChI is InChI=1S/C29H49N3O5/c1-8-9-10-13-19-31-20-21-15-14-16-22(24(21)26(34)36-28(2,3)4)25(33)23(17-11-12-18-30)32-27(35)37-29(5,6)7/h14-16,23,31H,8-13,17-20,30H2,1-7H3,(H,32,35)/t23-/m0/s1. The Kier molecular flexibility index (Phi) is 13.8. The molecule has 0 spiro atoms. The predicted molar refractivity (Wildman–Crippen MR) is 148 cm³/mol. The van der Waals surface area contributed by atoms with Crippen LogP contribution in [0.4, 0.5) is 4.79 Å². The molecule has 0 heterocycles. The van der Waals surface area contributed by atoms with E-state index < -0.39 is 29.3 Å². The molecule has 1 aromatic carbocycles. The molecule has 0 radical (unpaired) electrons. The van der Waals surface area contributed by atoms with Crippen molar-refractivity contribution in [3.8, 4) is 0 Å². The average molecular weight is 520 g/mol. The number of nitrogens with one attached hydrogen (secondary N) is 2. The van der Waals surface area contributed by atoms with E-state index in [4.69, 9.17) is 15.2 Å². The van der Waals surface area contributed by atoms with Crippen molar-refractivity contribution in [2.45, 2.75) is 117 Å². The Morgan fingerprint density at radius 3 is 2.19 bits per heavy atom. The number of rotatable bonds is 15. The van der Waals surface area contributed by atoms with Gasteiger partial charge in [0.2, 0.25) is 0 Å². The van der Waals surface area contributed by atoms with Crippen molar-refractivity contribution in [2.75, 3.05) is 13.1 Å². The van der Waals surface area contributed by atoms with Gasteiger partial charge >= 0.3 is 12.1 Å². The predicted octanol–water partition coefficient (Wildman–Crippen LogP) is 5.52. The molecule has 0 saturated heterocycles. The lowest BCUT2D eigenvalue weighted by molar-refractivity contribution is 0.00662. The summed E-state index contributed by atoms with van der Waals surface area (Å²) in [5, 5.41) is 6.11. The number of carbonyl (C=O) groups is 3. The van der Waals surface area contributed by atoms with Crippen molar-refractivity contribution in [1.82, 2.24) is 10.6 Å². The van der Waals surface area contributed by atoms with E-state index >= 15 is 0 Å². The number of unbranched alkanes of at least 4 members (excludes halogenated alkanes) is 4. The van der Waals surface area contributed by atoms with Crippen molar-refractivity contribution in [3.63, 3.8) is 0 Å². The Hall–Kier alpha value is -2.45. The molecule has 37 heavy (non-hydrogen) atoms. The molecule has 0 aliphatic heterocycles. The molecular formula is C29H49N3O5. The molecule has 0 saturated carbocycles. The molecule has 0 aliphatic carbocycles. The number of benzene rings is 1. The average Bonchev–Trinajstić information content (AvgIpc) is 2.77. The van der Waals surface area contributed by atoms with Gasteiger partial charge in [0.1, 0.15) is 11.2 Å². The fraction of sp³-hybridized carbons (Fsp3) is 0.690. The summed E-state index contributed by atoms with van der Waals surface area (Å²) < 4.78 is 11.1. The lowest BCUT2D eigenvalue weighted by atomic mass is 9.92. The normalized spacial score (nSPS) is 12.6. The molecule has 1 amide bonds. The Labute approximate surface area is 223 Å². The van der Waals surface area contributed by atoms with Crippen molar-refractivity contribution >= 4 is 17.8 Å². The monoisotopic (exact) mass is 519 g/mol. The number of alkyl carbamates (subject to hydrolysis) is 1. The van der Waals surface area contributed by atoms with Crippen LogP contribution in [0.3, 0.4) is 0 Å². The molecule has 8 heteroatoms. The molecule has 0 aliphatic rings. The van der Waals surface area contributed by atoms with Crippen molar-refractivity contribution in [2.24, 2.45) is 5.73 Å². The molecule has 1 aromatic rings. The van der Waals surface area contributed by atoms with E-state index in [1.165, 1.54) is 6.42 Å². The first-order valence-electron chi connectivity index (χ1n) is 13.6. The highest BCUT2D eigenvalue weighted by Crippen LogP contribution is 2.23. The van der Waals surface area contributed by atoms with E-state index in [0.29, 0.717) is 37.9 Å². The maximum absolute atomic E-state index is 13.8. The maximum Gasteiger partial charge on any atom is 0.408 e. The number of amides is 1. The molecule has 4 N–H and O–H groups in total. The van der Waals surface area contributed by atoms with Crippen molar-refractivity contribution in [3.05, 3.63) is 34.9 Å². The molecular weight excluding hydrogens is 470 g/mol. The van der Waals surface area contributed by atoms with Gasteiger partial charge in [-0.25, -0.2) is 9.59 Å². The third kappa shape index (κ3) is 13.1. The number of ketones is 1. The molecule has 0 unspecified atom stereocenters. The number of carbonyl (C=O) groups excluding carboxylic acids is 3. The summed E-state index contributed by atoms with van der Waals surface area (Å²) in [5.41, 5.74) is 5.36. The first-order chi connectivity index (χ1) is 17.3. The van der Waals surface area contributed by atoms with Crippen LogP contribution < -0.4 is 16.4 Å². The van der Waals surface area contributed by atoms with Crippen LogP contribution in [0.1, 0.15) is 120 Å². The molecule has 1 atom stereocenters. The largest absolute Gasteiger partial charge is 0.456 e. The highest BCUT2D eigenvalue weighted by Gasteiger charge is 2.31. The van der Waals surface area contributed by atoms with Crippen LogP contribution in [-0.4, -0.2) is 48.2 Å². The number of hydrogen-bond donors (Lipinski definition) is 3. The van der Waals surface area contributed by atoms with Gasteiger partial charge in [0.05, 0.1) is 11.6 Å². The molecule has 0 aromatic heterocycles. The minimum absolute atomic E-state index is 0.230. The van der Waals surface area contributed by atoms with Gasteiger partial charge < -0.3 is 25.8 Å². The molecule has 8 nitrogen and oxygen atoms in total. The summed E-state index contributed by atoms with van der Waals surface area (Å²) in [6, 6.07) is 4.36. The van der Waals surface area contributed by atoms with E-state index in [9.17, 15) is 14.4 Å². The van der Waals surface area contributed by atoms with Crippen molar-refractivity contribution in [1.29, 1.82) is 0 Å². The minimum Gasteiger partial charge on any atom is -0.456 e. The minimum atomic E-state index is -0.861. The molecule has 0 bridgehead atoms. The molecule has 1 rings (SSSR count). The number of hydrogen-bond acceptors (Lipinski definition) is 7. The van der Waals surface area contributed by atoms with E-state index in [0.717, 1.165) is 25.8 Å². The molecule has 210 valence electrons. The van der Waals surface area contributed by atoms with E-state index in [1.807, 2.05) is 6.07 Å². The Morgan fingerprint density at radius 1 is 0.919 bits per heavy atom. The van der Waals surface area contributed by atoms with Gasteiger partial charge in [-0.3, -0.25) is 4.79 Å². The Balaban J connectivity index is 3.30. The summed E-state index contributed by atoms with van der Waals surface area (Å²) in [5.74, 6) is -0.911. The number of ether oxygens (including phenoxy) is 2. The zero-order chi connectivity index (χ0) is 28.1. The van der Waals surface area contributed by atoms with Gasteiger partial charge in [0.25, 0.3) is 0 Å². The van der Waals surface area contributed by atoms with Gasteiger partial charge in [0.15, 0.2) is 5.78 Å².